The number of halogens is 1. The summed E-state index contributed by atoms with van der Waals surface area (Å²) in [5, 5.41) is 5.92. The summed E-state index contributed by atoms with van der Waals surface area (Å²) in [6, 6.07) is 6.11. The van der Waals surface area contributed by atoms with E-state index in [9.17, 15) is 9.18 Å². The van der Waals surface area contributed by atoms with E-state index in [1.807, 2.05) is 13.8 Å². The van der Waals surface area contributed by atoms with E-state index in [0.29, 0.717) is 13.0 Å². The molecule has 0 heterocycles. The van der Waals surface area contributed by atoms with Gasteiger partial charge in [-0.2, -0.15) is 0 Å². The number of hydrogen-bond acceptors (Lipinski definition) is 2. The van der Waals surface area contributed by atoms with Crippen molar-refractivity contribution < 1.29 is 9.18 Å². The molecule has 0 spiro atoms. The normalized spacial score (nSPS) is 12.2. The number of carbonyl (C=O) groups is 1. The standard InChI is InChI=1S/C13H19FN2O/c1-3-15-8-7-13(17)16-10(2)11-5-4-6-12(14)9-11/h4-6,9-10,15H,3,7-8H2,1-2H3,(H,16,17)/t10-/m0/s1. The lowest BCUT2D eigenvalue weighted by molar-refractivity contribution is -0.121. The lowest BCUT2D eigenvalue weighted by atomic mass is 10.1. The van der Waals surface area contributed by atoms with Crippen LogP contribution in [0.3, 0.4) is 0 Å². The Kier molecular flexibility index (Phi) is 5.63. The van der Waals surface area contributed by atoms with Crippen molar-refractivity contribution in [3.05, 3.63) is 35.6 Å². The zero-order chi connectivity index (χ0) is 12.7. The quantitative estimate of drug-likeness (QED) is 0.744. The zero-order valence-corrected chi connectivity index (χ0v) is 10.3. The first-order chi connectivity index (χ1) is 8.13. The summed E-state index contributed by atoms with van der Waals surface area (Å²) in [5.74, 6) is -0.307. The molecular weight excluding hydrogens is 219 g/mol. The molecule has 0 radical (unpaired) electrons. The van der Waals surface area contributed by atoms with E-state index in [4.69, 9.17) is 0 Å². The molecule has 0 fully saturated rings. The summed E-state index contributed by atoms with van der Waals surface area (Å²) in [5.41, 5.74) is 0.779. The maximum atomic E-state index is 13.0. The summed E-state index contributed by atoms with van der Waals surface area (Å²) in [4.78, 5) is 11.5. The smallest absolute Gasteiger partial charge is 0.221 e. The van der Waals surface area contributed by atoms with Crippen LogP contribution in [0, 0.1) is 5.82 Å². The van der Waals surface area contributed by atoms with Crippen molar-refractivity contribution in [2.75, 3.05) is 13.1 Å². The first-order valence-electron chi connectivity index (χ1n) is 5.89. The van der Waals surface area contributed by atoms with Crippen molar-refractivity contribution in [3.8, 4) is 0 Å². The van der Waals surface area contributed by atoms with Crippen LogP contribution < -0.4 is 10.6 Å². The van der Waals surface area contributed by atoms with Crippen molar-refractivity contribution >= 4 is 5.91 Å². The van der Waals surface area contributed by atoms with Gasteiger partial charge in [-0.05, 0) is 31.2 Å². The van der Waals surface area contributed by atoms with Crippen LogP contribution in [0.25, 0.3) is 0 Å². The van der Waals surface area contributed by atoms with Gasteiger partial charge in [-0.15, -0.1) is 0 Å². The molecule has 3 nitrogen and oxygen atoms in total. The Morgan fingerprint density at radius 3 is 2.88 bits per heavy atom. The predicted molar refractivity (Wildman–Crippen MR) is 66.1 cm³/mol. The van der Waals surface area contributed by atoms with Gasteiger partial charge < -0.3 is 10.6 Å². The molecular formula is C13H19FN2O. The van der Waals surface area contributed by atoms with Crippen molar-refractivity contribution in [1.29, 1.82) is 0 Å². The summed E-state index contributed by atoms with van der Waals surface area (Å²) in [7, 11) is 0. The van der Waals surface area contributed by atoms with E-state index >= 15 is 0 Å². The lowest BCUT2D eigenvalue weighted by Crippen LogP contribution is -2.29. The fraction of sp³-hybridized carbons (Fsp3) is 0.462. The number of rotatable bonds is 6. The van der Waals surface area contributed by atoms with E-state index in [-0.39, 0.29) is 17.8 Å². The van der Waals surface area contributed by atoms with Crippen molar-refractivity contribution in [1.82, 2.24) is 10.6 Å². The van der Waals surface area contributed by atoms with Gasteiger partial charge in [0.2, 0.25) is 5.91 Å². The topological polar surface area (TPSA) is 41.1 Å². The molecule has 94 valence electrons. The van der Waals surface area contributed by atoms with Gasteiger partial charge in [0.1, 0.15) is 5.82 Å². The Bertz CT molecular complexity index is 368. The molecule has 1 rings (SSSR count). The maximum Gasteiger partial charge on any atom is 0.221 e. The molecule has 0 aliphatic carbocycles. The van der Waals surface area contributed by atoms with Gasteiger partial charge in [-0.1, -0.05) is 19.1 Å². The second kappa shape index (κ2) is 7.01. The van der Waals surface area contributed by atoms with Crippen LogP contribution in [-0.2, 0) is 4.79 Å². The van der Waals surface area contributed by atoms with E-state index in [2.05, 4.69) is 10.6 Å². The molecule has 0 aliphatic rings. The Morgan fingerprint density at radius 1 is 1.47 bits per heavy atom. The lowest BCUT2D eigenvalue weighted by Gasteiger charge is -2.14. The first-order valence-corrected chi connectivity index (χ1v) is 5.89. The summed E-state index contributed by atoms with van der Waals surface area (Å²) in [6.45, 7) is 5.36. The van der Waals surface area contributed by atoms with Gasteiger partial charge in [-0.3, -0.25) is 4.79 Å². The van der Waals surface area contributed by atoms with Gasteiger partial charge >= 0.3 is 0 Å². The fourth-order valence-electron chi connectivity index (χ4n) is 1.55. The number of carbonyl (C=O) groups excluding carboxylic acids is 1. The fourth-order valence-corrected chi connectivity index (χ4v) is 1.55. The molecule has 1 amide bonds. The number of nitrogens with one attached hydrogen (secondary N) is 2. The number of hydrogen-bond donors (Lipinski definition) is 2. The molecule has 1 aromatic rings. The van der Waals surface area contributed by atoms with E-state index in [1.54, 1.807) is 12.1 Å². The molecule has 0 unspecified atom stereocenters. The van der Waals surface area contributed by atoms with Crippen LogP contribution in [0.15, 0.2) is 24.3 Å². The summed E-state index contributed by atoms with van der Waals surface area (Å²) >= 11 is 0. The Balaban J connectivity index is 2.43. The molecule has 1 atom stereocenters. The minimum atomic E-state index is -0.281. The maximum absolute atomic E-state index is 13.0. The molecule has 0 bridgehead atoms. The van der Waals surface area contributed by atoms with Gasteiger partial charge in [0, 0.05) is 13.0 Å². The van der Waals surface area contributed by atoms with Crippen molar-refractivity contribution in [2.45, 2.75) is 26.3 Å². The second-order valence-electron chi connectivity index (χ2n) is 3.95. The second-order valence-corrected chi connectivity index (χ2v) is 3.95. The number of amides is 1. The largest absolute Gasteiger partial charge is 0.350 e. The van der Waals surface area contributed by atoms with Gasteiger partial charge in [0.15, 0.2) is 0 Å². The van der Waals surface area contributed by atoms with Crippen LogP contribution in [0.4, 0.5) is 4.39 Å². The molecule has 2 N–H and O–H groups in total. The summed E-state index contributed by atoms with van der Waals surface area (Å²) in [6.07, 6.45) is 0.438. The van der Waals surface area contributed by atoms with Crippen LogP contribution in [0.1, 0.15) is 31.9 Å². The molecule has 4 heteroatoms. The number of benzene rings is 1. The minimum absolute atomic E-state index is 0.0253. The average molecular weight is 238 g/mol. The van der Waals surface area contributed by atoms with E-state index in [1.165, 1.54) is 12.1 Å². The van der Waals surface area contributed by atoms with Gasteiger partial charge in [-0.25, -0.2) is 4.39 Å². The highest BCUT2D eigenvalue weighted by Crippen LogP contribution is 2.13. The van der Waals surface area contributed by atoms with Crippen molar-refractivity contribution in [2.24, 2.45) is 0 Å². The molecule has 0 saturated carbocycles. The third kappa shape index (κ3) is 4.95. The molecule has 1 aromatic carbocycles. The Morgan fingerprint density at radius 2 is 2.24 bits per heavy atom. The molecule has 17 heavy (non-hydrogen) atoms. The van der Waals surface area contributed by atoms with Crippen LogP contribution in [0.2, 0.25) is 0 Å². The third-order valence-electron chi connectivity index (χ3n) is 2.51. The van der Waals surface area contributed by atoms with Crippen molar-refractivity contribution in [3.63, 3.8) is 0 Å². The van der Waals surface area contributed by atoms with E-state index < -0.39 is 0 Å². The van der Waals surface area contributed by atoms with Crippen LogP contribution in [0.5, 0.6) is 0 Å². The highest BCUT2D eigenvalue weighted by molar-refractivity contribution is 5.76. The van der Waals surface area contributed by atoms with Gasteiger partial charge in [0.25, 0.3) is 0 Å². The highest BCUT2D eigenvalue weighted by Gasteiger charge is 2.09. The first kappa shape index (κ1) is 13.6. The predicted octanol–water partition coefficient (Wildman–Crippen LogP) is 2.00. The van der Waals surface area contributed by atoms with Crippen LogP contribution in [-0.4, -0.2) is 19.0 Å². The van der Waals surface area contributed by atoms with E-state index in [0.717, 1.165) is 12.1 Å². The summed E-state index contributed by atoms with van der Waals surface area (Å²) < 4.78 is 13.0. The highest BCUT2D eigenvalue weighted by atomic mass is 19.1. The Hall–Kier alpha value is -1.42. The zero-order valence-electron chi connectivity index (χ0n) is 10.3. The Labute approximate surface area is 101 Å². The average Bonchev–Trinajstić information content (AvgIpc) is 2.29. The minimum Gasteiger partial charge on any atom is -0.350 e. The van der Waals surface area contributed by atoms with Crippen LogP contribution >= 0.6 is 0 Å². The monoisotopic (exact) mass is 238 g/mol. The molecule has 0 aromatic heterocycles. The third-order valence-corrected chi connectivity index (χ3v) is 2.51. The SMILES string of the molecule is CCNCCC(=O)N[C@@H](C)c1cccc(F)c1. The molecule has 0 saturated heterocycles. The molecule has 0 aliphatic heterocycles. The van der Waals surface area contributed by atoms with Gasteiger partial charge in [0.05, 0.1) is 6.04 Å².